The number of fused-ring (bicyclic) bond motifs is 1. The summed E-state index contributed by atoms with van der Waals surface area (Å²) < 4.78 is 24.0. The lowest BCUT2D eigenvalue weighted by Crippen LogP contribution is -2.26. The Labute approximate surface area is 136 Å². The molecule has 0 spiro atoms. The molecule has 0 saturated carbocycles. The summed E-state index contributed by atoms with van der Waals surface area (Å²) in [4.78, 5) is 24.0. The van der Waals surface area contributed by atoms with Crippen molar-refractivity contribution in [3.8, 4) is 0 Å². The number of benzene rings is 2. The standard InChI is InChI=1S/C18H14FNO4/c1-10-13-9-12(19)7-8-14(13)23-15(10)18(22)24-16(17(20)21)11-5-3-2-4-6-11/h2-9,16H,1H3,(H2,20,21)/t16-/m1/s1. The fourth-order valence-electron chi connectivity index (χ4n) is 2.47. The Balaban J connectivity index is 1.94. The zero-order valence-corrected chi connectivity index (χ0v) is 12.8. The SMILES string of the molecule is Cc1c(C(=O)O[C@@H](C(N)=O)c2ccccc2)oc2ccc(F)cc12. The van der Waals surface area contributed by atoms with E-state index < -0.39 is 23.8 Å². The second-order valence-corrected chi connectivity index (χ2v) is 5.30. The molecule has 1 aromatic heterocycles. The lowest BCUT2D eigenvalue weighted by Gasteiger charge is -2.14. The maximum absolute atomic E-state index is 13.3. The predicted molar refractivity (Wildman–Crippen MR) is 84.7 cm³/mol. The fraction of sp³-hybridized carbons (Fsp3) is 0.111. The molecule has 5 nitrogen and oxygen atoms in total. The van der Waals surface area contributed by atoms with Crippen molar-refractivity contribution < 1.29 is 23.1 Å². The van der Waals surface area contributed by atoms with Gasteiger partial charge in [-0.25, -0.2) is 9.18 Å². The summed E-state index contributed by atoms with van der Waals surface area (Å²) in [6.45, 7) is 1.61. The largest absolute Gasteiger partial charge is 0.449 e. The van der Waals surface area contributed by atoms with E-state index in [1.807, 2.05) is 0 Å². The van der Waals surface area contributed by atoms with Gasteiger partial charge in [0, 0.05) is 16.5 Å². The van der Waals surface area contributed by atoms with Crippen molar-refractivity contribution in [2.24, 2.45) is 5.73 Å². The number of rotatable bonds is 4. The highest BCUT2D eigenvalue weighted by molar-refractivity contribution is 5.97. The lowest BCUT2D eigenvalue weighted by molar-refractivity contribution is -0.127. The van der Waals surface area contributed by atoms with Gasteiger partial charge in [0.15, 0.2) is 0 Å². The fourth-order valence-corrected chi connectivity index (χ4v) is 2.47. The molecule has 122 valence electrons. The monoisotopic (exact) mass is 327 g/mol. The molecule has 0 aliphatic rings. The number of nitrogens with two attached hydrogens (primary N) is 1. The van der Waals surface area contributed by atoms with Gasteiger partial charge in [-0.15, -0.1) is 0 Å². The smallest absolute Gasteiger partial charge is 0.375 e. The zero-order valence-electron chi connectivity index (χ0n) is 12.8. The van der Waals surface area contributed by atoms with E-state index in [9.17, 15) is 14.0 Å². The van der Waals surface area contributed by atoms with E-state index in [2.05, 4.69) is 0 Å². The molecule has 2 aromatic carbocycles. The molecule has 0 unspecified atom stereocenters. The molecule has 1 amide bonds. The van der Waals surface area contributed by atoms with Gasteiger partial charge in [-0.1, -0.05) is 30.3 Å². The Morgan fingerprint density at radius 2 is 1.88 bits per heavy atom. The number of furan rings is 1. The number of hydrogen-bond donors (Lipinski definition) is 1. The molecule has 0 aliphatic heterocycles. The van der Waals surface area contributed by atoms with Crippen LogP contribution in [0.25, 0.3) is 11.0 Å². The normalized spacial score (nSPS) is 12.1. The van der Waals surface area contributed by atoms with E-state index in [1.54, 1.807) is 37.3 Å². The molecule has 1 atom stereocenters. The summed E-state index contributed by atoms with van der Waals surface area (Å²) in [5, 5.41) is 0.470. The summed E-state index contributed by atoms with van der Waals surface area (Å²) in [6, 6.07) is 12.4. The molecule has 3 aromatic rings. The first-order valence-electron chi connectivity index (χ1n) is 7.21. The van der Waals surface area contributed by atoms with Crippen molar-refractivity contribution >= 4 is 22.8 Å². The summed E-state index contributed by atoms with van der Waals surface area (Å²) in [5.74, 6) is -2.16. The van der Waals surface area contributed by atoms with E-state index in [0.29, 0.717) is 22.1 Å². The molecule has 3 rings (SSSR count). The Kier molecular flexibility index (Phi) is 4.04. The summed E-state index contributed by atoms with van der Waals surface area (Å²) in [7, 11) is 0. The molecule has 0 aliphatic carbocycles. The number of primary amides is 1. The van der Waals surface area contributed by atoms with Crippen molar-refractivity contribution in [2.75, 3.05) is 0 Å². The van der Waals surface area contributed by atoms with Gasteiger partial charge in [0.05, 0.1) is 0 Å². The van der Waals surface area contributed by atoms with E-state index in [1.165, 1.54) is 18.2 Å². The van der Waals surface area contributed by atoms with Crippen LogP contribution in [0.1, 0.15) is 27.8 Å². The highest BCUT2D eigenvalue weighted by atomic mass is 19.1. The molecule has 2 N–H and O–H groups in total. The first kappa shape index (κ1) is 15.7. The molecular weight excluding hydrogens is 313 g/mol. The Morgan fingerprint density at radius 1 is 1.17 bits per heavy atom. The Hall–Kier alpha value is -3.15. The van der Waals surface area contributed by atoms with E-state index in [4.69, 9.17) is 14.9 Å². The van der Waals surface area contributed by atoms with Gasteiger partial charge >= 0.3 is 5.97 Å². The van der Waals surface area contributed by atoms with Gasteiger partial charge in [-0.05, 0) is 25.1 Å². The van der Waals surface area contributed by atoms with Crippen LogP contribution in [0.4, 0.5) is 4.39 Å². The first-order chi connectivity index (χ1) is 11.5. The van der Waals surface area contributed by atoms with Crippen molar-refractivity contribution in [3.63, 3.8) is 0 Å². The van der Waals surface area contributed by atoms with Crippen LogP contribution in [0.3, 0.4) is 0 Å². The van der Waals surface area contributed by atoms with Crippen molar-refractivity contribution in [1.29, 1.82) is 0 Å². The van der Waals surface area contributed by atoms with Crippen LogP contribution < -0.4 is 5.73 Å². The van der Waals surface area contributed by atoms with Crippen LogP contribution in [0.15, 0.2) is 52.9 Å². The maximum atomic E-state index is 13.3. The third-order valence-electron chi connectivity index (χ3n) is 3.67. The lowest BCUT2D eigenvalue weighted by atomic mass is 10.1. The zero-order chi connectivity index (χ0) is 17.3. The van der Waals surface area contributed by atoms with Gasteiger partial charge < -0.3 is 14.9 Å². The number of hydrogen-bond acceptors (Lipinski definition) is 4. The number of halogens is 1. The molecule has 6 heteroatoms. The molecular formula is C18H14FNO4. The number of ether oxygens (including phenoxy) is 1. The summed E-state index contributed by atoms with van der Waals surface area (Å²) >= 11 is 0. The highest BCUT2D eigenvalue weighted by Crippen LogP contribution is 2.28. The van der Waals surface area contributed by atoms with E-state index in [-0.39, 0.29) is 5.76 Å². The minimum Gasteiger partial charge on any atom is -0.449 e. The number of carbonyl (C=O) groups is 2. The molecule has 0 saturated heterocycles. The molecule has 1 heterocycles. The topological polar surface area (TPSA) is 82.5 Å². The number of esters is 1. The predicted octanol–water partition coefficient (Wildman–Crippen LogP) is 3.26. The Bertz CT molecular complexity index is 917. The third kappa shape index (κ3) is 2.86. The van der Waals surface area contributed by atoms with Crippen molar-refractivity contribution in [3.05, 3.63) is 71.2 Å². The van der Waals surface area contributed by atoms with Crippen molar-refractivity contribution in [2.45, 2.75) is 13.0 Å². The van der Waals surface area contributed by atoms with Crippen molar-refractivity contribution in [1.82, 2.24) is 0 Å². The van der Waals surface area contributed by atoms with Gasteiger partial charge in [0.2, 0.25) is 11.9 Å². The first-order valence-corrected chi connectivity index (χ1v) is 7.21. The second kappa shape index (κ2) is 6.16. The third-order valence-corrected chi connectivity index (χ3v) is 3.67. The van der Waals surface area contributed by atoms with Crippen LogP contribution in [0.5, 0.6) is 0 Å². The molecule has 0 bridgehead atoms. The average molecular weight is 327 g/mol. The van der Waals surface area contributed by atoms with Crippen LogP contribution in [-0.2, 0) is 9.53 Å². The summed E-state index contributed by atoms with van der Waals surface area (Å²) in [6.07, 6.45) is -1.23. The maximum Gasteiger partial charge on any atom is 0.375 e. The quantitative estimate of drug-likeness (QED) is 0.746. The number of aryl methyl sites for hydroxylation is 1. The van der Waals surface area contributed by atoms with Crippen LogP contribution >= 0.6 is 0 Å². The second-order valence-electron chi connectivity index (χ2n) is 5.30. The van der Waals surface area contributed by atoms with Gasteiger partial charge in [0.25, 0.3) is 5.91 Å². The average Bonchev–Trinajstić information content (AvgIpc) is 2.89. The Morgan fingerprint density at radius 3 is 2.54 bits per heavy atom. The minimum atomic E-state index is -1.23. The van der Waals surface area contributed by atoms with E-state index >= 15 is 0 Å². The van der Waals surface area contributed by atoms with Crippen LogP contribution in [0, 0.1) is 12.7 Å². The molecule has 0 fully saturated rings. The van der Waals surface area contributed by atoms with Gasteiger partial charge in [-0.2, -0.15) is 0 Å². The van der Waals surface area contributed by atoms with Crippen LogP contribution in [0.2, 0.25) is 0 Å². The molecule has 24 heavy (non-hydrogen) atoms. The highest BCUT2D eigenvalue weighted by Gasteiger charge is 2.27. The van der Waals surface area contributed by atoms with Gasteiger partial charge in [-0.3, -0.25) is 4.79 Å². The number of carbonyl (C=O) groups excluding carboxylic acids is 2. The van der Waals surface area contributed by atoms with E-state index in [0.717, 1.165) is 0 Å². The van der Waals surface area contributed by atoms with Gasteiger partial charge in [0.1, 0.15) is 11.4 Å². The number of amides is 1. The summed E-state index contributed by atoms with van der Waals surface area (Å²) in [5.41, 5.74) is 6.58. The minimum absolute atomic E-state index is 0.0854. The van der Waals surface area contributed by atoms with Crippen LogP contribution in [-0.4, -0.2) is 11.9 Å². The molecule has 0 radical (unpaired) electrons.